The Labute approximate surface area is 189 Å². The van der Waals surface area contributed by atoms with Crippen LogP contribution in [0.5, 0.6) is 0 Å². The number of anilines is 1. The van der Waals surface area contributed by atoms with E-state index in [4.69, 9.17) is 5.73 Å². The number of rotatable bonds is 5. The van der Waals surface area contributed by atoms with E-state index in [-0.39, 0.29) is 42.7 Å². The fourth-order valence-corrected chi connectivity index (χ4v) is 3.75. The van der Waals surface area contributed by atoms with E-state index in [0.29, 0.717) is 0 Å². The fourth-order valence-electron chi connectivity index (χ4n) is 3.75. The molecule has 1 aliphatic heterocycles. The van der Waals surface area contributed by atoms with E-state index < -0.39 is 0 Å². The molecule has 5 nitrogen and oxygen atoms in total. The summed E-state index contributed by atoms with van der Waals surface area (Å²) in [5.41, 5.74) is 10.4. The van der Waals surface area contributed by atoms with Crippen molar-refractivity contribution in [2.24, 2.45) is 11.7 Å². The van der Waals surface area contributed by atoms with Crippen LogP contribution >= 0.6 is 24.8 Å². The van der Waals surface area contributed by atoms with Gasteiger partial charge in [-0.3, -0.25) is 4.79 Å². The number of benzene rings is 2. The molecule has 2 aromatic carbocycles. The van der Waals surface area contributed by atoms with E-state index in [0.717, 1.165) is 35.6 Å². The molecule has 2 heterocycles. The lowest BCUT2D eigenvalue weighted by Crippen LogP contribution is -2.30. The molecule has 0 saturated carbocycles. The van der Waals surface area contributed by atoms with E-state index in [1.54, 1.807) is 0 Å². The summed E-state index contributed by atoms with van der Waals surface area (Å²) >= 11 is 0. The van der Waals surface area contributed by atoms with Crippen LogP contribution in [0.15, 0.2) is 60.8 Å². The first-order valence-corrected chi connectivity index (χ1v) is 9.90. The molecule has 0 spiro atoms. The highest BCUT2D eigenvalue weighted by Crippen LogP contribution is 2.26. The number of nitrogens with zero attached hydrogens (tertiary/aromatic N) is 2. The molecule has 1 amide bonds. The molecular weight excluding hydrogens is 419 g/mol. The third-order valence-corrected chi connectivity index (χ3v) is 5.55. The number of amides is 1. The summed E-state index contributed by atoms with van der Waals surface area (Å²) in [4.78, 5) is 17.2. The molecule has 3 aromatic rings. The highest BCUT2D eigenvalue weighted by Gasteiger charge is 2.22. The van der Waals surface area contributed by atoms with E-state index in [2.05, 4.69) is 14.9 Å². The number of fused-ring (bicyclic) bond motifs is 1. The van der Waals surface area contributed by atoms with Gasteiger partial charge in [0, 0.05) is 35.7 Å². The molecule has 0 saturated heterocycles. The fraction of sp³-hybridized carbons (Fsp3) is 0.304. The molecule has 2 atom stereocenters. The average Bonchev–Trinajstić information content (AvgIpc) is 3.18. The van der Waals surface area contributed by atoms with Crippen LogP contribution in [0.25, 0.3) is 11.4 Å². The van der Waals surface area contributed by atoms with Crippen molar-refractivity contribution in [1.82, 2.24) is 9.55 Å². The molecule has 160 valence electrons. The minimum atomic E-state index is -0.336. The van der Waals surface area contributed by atoms with Crippen molar-refractivity contribution in [3.8, 4) is 11.4 Å². The second-order valence-corrected chi connectivity index (χ2v) is 7.47. The van der Waals surface area contributed by atoms with Gasteiger partial charge in [0.1, 0.15) is 5.82 Å². The maximum atomic E-state index is 12.6. The monoisotopic (exact) mass is 446 g/mol. The zero-order valence-electron chi connectivity index (χ0n) is 17.0. The molecular formula is C23H28Cl2N4O. The van der Waals surface area contributed by atoms with Gasteiger partial charge in [0.15, 0.2) is 0 Å². The van der Waals surface area contributed by atoms with Crippen molar-refractivity contribution >= 4 is 36.4 Å². The second-order valence-electron chi connectivity index (χ2n) is 7.47. The van der Waals surface area contributed by atoms with Crippen LogP contribution < -0.4 is 11.1 Å². The van der Waals surface area contributed by atoms with Crippen molar-refractivity contribution in [1.29, 1.82) is 0 Å². The van der Waals surface area contributed by atoms with Gasteiger partial charge < -0.3 is 15.6 Å². The quantitative estimate of drug-likeness (QED) is 0.578. The maximum absolute atomic E-state index is 12.6. The molecule has 1 aromatic heterocycles. The Morgan fingerprint density at radius 1 is 1.07 bits per heavy atom. The van der Waals surface area contributed by atoms with Gasteiger partial charge in [-0.25, -0.2) is 4.98 Å². The topological polar surface area (TPSA) is 72.9 Å². The maximum Gasteiger partial charge on any atom is 0.229 e. The number of imidazole rings is 1. The molecule has 0 radical (unpaired) electrons. The van der Waals surface area contributed by atoms with Gasteiger partial charge >= 0.3 is 0 Å². The molecule has 0 bridgehead atoms. The predicted octanol–water partition coefficient (Wildman–Crippen LogP) is 5.00. The molecule has 30 heavy (non-hydrogen) atoms. The highest BCUT2D eigenvalue weighted by molar-refractivity contribution is 5.93. The third kappa shape index (κ3) is 5.04. The Kier molecular flexibility index (Phi) is 8.47. The van der Waals surface area contributed by atoms with Crippen LogP contribution in [0.4, 0.5) is 5.69 Å². The molecule has 0 aliphatic carbocycles. The van der Waals surface area contributed by atoms with Crippen LogP contribution in [0, 0.1) is 5.92 Å². The van der Waals surface area contributed by atoms with Gasteiger partial charge in [0.05, 0.1) is 5.92 Å². The molecule has 0 fully saturated rings. The number of aromatic nitrogens is 2. The Morgan fingerprint density at radius 2 is 1.77 bits per heavy atom. The van der Waals surface area contributed by atoms with Crippen molar-refractivity contribution < 1.29 is 4.79 Å². The molecule has 4 rings (SSSR count). The predicted molar refractivity (Wildman–Crippen MR) is 126 cm³/mol. The van der Waals surface area contributed by atoms with Gasteiger partial charge in [0.25, 0.3) is 0 Å². The van der Waals surface area contributed by atoms with Crippen LogP contribution in [0.1, 0.15) is 37.1 Å². The van der Waals surface area contributed by atoms with Crippen LogP contribution in [-0.4, -0.2) is 15.5 Å². The normalized spacial score (nSPS) is 14.5. The standard InChI is InChI=1S/C23H26N4O.2ClH/c1-16(21(24)17-7-3-2-4-8-17)23(28)26-19-12-10-18(11-13-19)22-25-15-20-9-5-6-14-27(20)22;;/h2-4,7-8,10-13,15-16,21H,5-6,9,14,24H2,1H3,(H,26,28);2*1H. The lowest BCUT2D eigenvalue weighted by Gasteiger charge is -2.20. The number of carbonyl (C=O) groups is 1. The van der Waals surface area contributed by atoms with Crippen LogP contribution in [-0.2, 0) is 17.8 Å². The number of carbonyl (C=O) groups excluding carboxylic acids is 1. The first-order valence-electron chi connectivity index (χ1n) is 9.90. The minimum Gasteiger partial charge on any atom is -0.328 e. The van der Waals surface area contributed by atoms with E-state index >= 15 is 0 Å². The molecule has 2 unspecified atom stereocenters. The number of halogens is 2. The Hall–Kier alpha value is -2.34. The van der Waals surface area contributed by atoms with E-state index in [1.807, 2.05) is 67.7 Å². The average molecular weight is 447 g/mol. The summed E-state index contributed by atoms with van der Waals surface area (Å²) in [6, 6.07) is 17.3. The number of hydrogen-bond acceptors (Lipinski definition) is 3. The summed E-state index contributed by atoms with van der Waals surface area (Å²) in [5.74, 6) is 0.593. The summed E-state index contributed by atoms with van der Waals surface area (Å²) in [6.45, 7) is 2.89. The highest BCUT2D eigenvalue weighted by atomic mass is 35.5. The third-order valence-electron chi connectivity index (χ3n) is 5.55. The molecule has 7 heteroatoms. The number of hydrogen-bond donors (Lipinski definition) is 2. The van der Waals surface area contributed by atoms with Crippen molar-refractivity contribution in [2.45, 2.75) is 38.8 Å². The summed E-state index contributed by atoms with van der Waals surface area (Å²) in [7, 11) is 0. The van der Waals surface area contributed by atoms with Gasteiger partial charge in [-0.05, 0) is 49.1 Å². The van der Waals surface area contributed by atoms with Gasteiger partial charge in [-0.2, -0.15) is 0 Å². The number of nitrogens with two attached hydrogens (primary N) is 1. The van der Waals surface area contributed by atoms with Crippen molar-refractivity contribution in [3.05, 3.63) is 72.1 Å². The van der Waals surface area contributed by atoms with E-state index in [1.165, 1.54) is 18.5 Å². The van der Waals surface area contributed by atoms with Crippen LogP contribution in [0.2, 0.25) is 0 Å². The van der Waals surface area contributed by atoms with Crippen molar-refractivity contribution in [2.75, 3.05) is 5.32 Å². The minimum absolute atomic E-state index is 0. The zero-order chi connectivity index (χ0) is 19.5. The largest absolute Gasteiger partial charge is 0.328 e. The summed E-state index contributed by atoms with van der Waals surface area (Å²) < 4.78 is 2.30. The summed E-state index contributed by atoms with van der Waals surface area (Å²) in [6.07, 6.45) is 5.51. The zero-order valence-corrected chi connectivity index (χ0v) is 18.6. The van der Waals surface area contributed by atoms with Crippen LogP contribution in [0.3, 0.4) is 0 Å². The smallest absolute Gasteiger partial charge is 0.229 e. The first kappa shape index (κ1) is 23.9. The number of nitrogens with one attached hydrogen (secondary N) is 1. The molecule has 3 N–H and O–H groups in total. The van der Waals surface area contributed by atoms with Gasteiger partial charge in [-0.1, -0.05) is 37.3 Å². The van der Waals surface area contributed by atoms with Crippen molar-refractivity contribution in [3.63, 3.8) is 0 Å². The summed E-state index contributed by atoms with van der Waals surface area (Å²) in [5, 5.41) is 2.98. The Morgan fingerprint density at radius 3 is 2.47 bits per heavy atom. The van der Waals surface area contributed by atoms with E-state index in [9.17, 15) is 4.79 Å². The second kappa shape index (κ2) is 10.6. The van der Waals surface area contributed by atoms with Gasteiger partial charge in [-0.15, -0.1) is 24.8 Å². The lowest BCUT2D eigenvalue weighted by molar-refractivity contribution is -0.120. The lowest BCUT2D eigenvalue weighted by atomic mass is 9.94. The number of aryl methyl sites for hydroxylation is 1. The SMILES string of the molecule is CC(C(=O)Nc1ccc(-c2ncc3n2CCCC3)cc1)C(N)c1ccccc1.Cl.Cl. The first-order chi connectivity index (χ1) is 13.6. The Bertz CT molecular complexity index is 957. The Balaban J connectivity index is 0.00000160. The molecule has 1 aliphatic rings. The van der Waals surface area contributed by atoms with Gasteiger partial charge in [0.2, 0.25) is 5.91 Å².